The summed E-state index contributed by atoms with van der Waals surface area (Å²) in [5, 5.41) is 6.17. The predicted molar refractivity (Wildman–Crippen MR) is 107 cm³/mol. The van der Waals surface area contributed by atoms with Crippen LogP contribution in [0.15, 0.2) is 66.7 Å². The molecule has 28 heavy (non-hydrogen) atoms. The highest BCUT2D eigenvalue weighted by Gasteiger charge is 2.10. The van der Waals surface area contributed by atoms with Crippen molar-refractivity contribution in [2.75, 3.05) is 5.32 Å². The number of rotatable bonds is 6. The van der Waals surface area contributed by atoms with Gasteiger partial charge < -0.3 is 10.6 Å². The highest BCUT2D eigenvalue weighted by molar-refractivity contribution is 6.04. The Labute approximate surface area is 163 Å². The molecule has 0 heterocycles. The van der Waals surface area contributed by atoms with Gasteiger partial charge in [0.05, 0.1) is 0 Å². The van der Waals surface area contributed by atoms with Gasteiger partial charge in [0.2, 0.25) is 0 Å². The number of nitrogens with one attached hydrogen (secondary N) is 2. The van der Waals surface area contributed by atoms with E-state index in [1.54, 1.807) is 18.2 Å². The lowest BCUT2D eigenvalue weighted by atomic mass is 10.1. The topological polar surface area (TPSA) is 41.1 Å². The minimum absolute atomic E-state index is 0.152. The van der Waals surface area contributed by atoms with Crippen molar-refractivity contribution in [2.45, 2.75) is 26.4 Å². The van der Waals surface area contributed by atoms with E-state index >= 15 is 0 Å². The van der Waals surface area contributed by atoms with Crippen LogP contribution >= 0.6 is 0 Å². The minimum atomic E-state index is -0.855. The van der Waals surface area contributed by atoms with Gasteiger partial charge in [-0.3, -0.25) is 4.79 Å². The van der Waals surface area contributed by atoms with Crippen LogP contribution in [0.5, 0.6) is 0 Å². The minimum Gasteiger partial charge on any atom is -0.322 e. The molecule has 0 saturated heterocycles. The number of carbonyl (C=O) groups is 1. The Hall–Kier alpha value is -3.05. The van der Waals surface area contributed by atoms with Crippen LogP contribution in [-0.2, 0) is 6.54 Å². The Morgan fingerprint density at radius 3 is 2.43 bits per heavy atom. The van der Waals surface area contributed by atoms with Crippen LogP contribution in [0.2, 0.25) is 0 Å². The summed E-state index contributed by atoms with van der Waals surface area (Å²) in [4.78, 5) is 12.4. The first-order valence-electron chi connectivity index (χ1n) is 9.07. The molecule has 0 aliphatic carbocycles. The summed E-state index contributed by atoms with van der Waals surface area (Å²) < 4.78 is 26.5. The molecule has 3 nitrogen and oxygen atoms in total. The largest absolute Gasteiger partial charge is 0.322 e. The van der Waals surface area contributed by atoms with Gasteiger partial charge in [0.15, 0.2) is 11.6 Å². The van der Waals surface area contributed by atoms with Gasteiger partial charge in [-0.2, -0.15) is 0 Å². The second-order valence-corrected chi connectivity index (χ2v) is 6.80. The molecular formula is C23H22F2N2O. The fourth-order valence-corrected chi connectivity index (χ4v) is 2.84. The summed E-state index contributed by atoms with van der Waals surface area (Å²) >= 11 is 0. The zero-order valence-corrected chi connectivity index (χ0v) is 15.8. The van der Waals surface area contributed by atoms with Crippen molar-refractivity contribution < 1.29 is 13.6 Å². The Kier molecular flexibility index (Phi) is 6.16. The molecule has 0 aliphatic rings. The Morgan fingerprint density at radius 2 is 1.71 bits per heavy atom. The van der Waals surface area contributed by atoms with E-state index in [4.69, 9.17) is 0 Å². The second kappa shape index (κ2) is 8.76. The smallest absolute Gasteiger partial charge is 0.255 e. The maximum atomic E-state index is 13.4. The summed E-state index contributed by atoms with van der Waals surface area (Å²) in [7, 11) is 0. The summed E-state index contributed by atoms with van der Waals surface area (Å²) in [6, 6.07) is 18.6. The van der Waals surface area contributed by atoms with Gasteiger partial charge in [-0.15, -0.1) is 0 Å². The van der Waals surface area contributed by atoms with Gasteiger partial charge in [0.1, 0.15) is 0 Å². The number of halogens is 2. The lowest BCUT2D eigenvalue weighted by molar-refractivity contribution is 0.102. The zero-order chi connectivity index (χ0) is 20.1. The van der Waals surface area contributed by atoms with E-state index in [1.165, 1.54) is 6.07 Å². The maximum Gasteiger partial charge on any atom is 0.255 e. The number of anilines is 1. The number of benzene rings is 3. The van der Waals surface area contributed by atoms with E-state index in [0.29, 0.717) is 23.4 Å². The number of aryl methyl sites for hydroxylation is 1. The normalized spacial score (nSPS) is 11.9. The van der Waals surface area contributed by atoms with Crippen LogP contribution < -0.4 is 10.6 Å². The van der Waals surface area contributed by atoms with E-state index in [1.807, 2.05) is 50.2 Å². The molecule has 1 amide bonds. The van der Waals surface area contributed by atoms with E-state index in [2.05, 4.69) is 10.6 Å². The molecule has 2 N–H and O–H groups in total. The van der Waals surface area contributed by atoms with Crippen LogP contribution in [0.4, 0.5) is 14.5 Å². The third kappa shape index (κ3) is 5.02. The third-order valence-electron chi connectivity index (χ3n) is 4.55. The van der Waals surface area contributed by atoms with Gasteiger partial charge >= 0.3 is 0 Å². The second-order valence-electron chi connectivity index (χ2n) is 6.80. The summed E-state index contributed by atoms with van der Waals surface area (Å²) in [6.07, 6.45) is 0. The number of carbonyl (C=O) groups excluding carboxylic acids is 1. The lowest BCUT2D eigenvalue weighted by Crippen LogP contribution is -2.18. The molecular weight excluding hydrogens is 358 g/mol. The van der Waals surface area contributed by atoms with Crippen molar-refractivity contribution in [3.63, 3.8) is 0 Å². The standard InChI is InChI=1S/C23H22F2N2O/c1-15-6-8-18(9-7-15)23(28)27-20-5-3-4-17(12-20)14-26-16(2)19-10-11-21(24)22(25)13-19/h3-13,16,26H,14H2,1-2H3,(H,27,28). The van der Waals surface area contributed by atoms with Crippen LogP contribution in [-0.4, -0.2) is 5.91 Å². The molecule has 1 unspecified atom stereocenters. The molecule has 0 saturated carbocycles. The highest BCUT2D eigenvalue weighted by Crippen LogP contribution is 2.18. The van der Waals surface area contributed by atoms with E-state index in [-0.39, 0.29) is 11.9 Å². The van der Waals surface area contributed by atoms with Crippen LogP contribution in [0.3, 0.4) is 0 Å². The van der Waals surface area contributed by atoms with Gasteiger partial charge in [-0.25, -0.2) is 8.78 Å². The molecule has 0 bridgehead atoms. The number of hydrogen-bond acceptors (Lipinski definition) is 2. The van der Waals surface area contributed by atoms with Crippen molar-refractivity contribution in [3.05, 3.63) is 101 Å². The molecule has 1 atom stereocenters. The first kappa shape index (κ1) is 19.7. The van der Waals surface area contributed by atoms with E-state index in [0.717, 1.165) is 17.2 Å². The quantitative estimate of drug-likeness (QED) is 0.603. The van der Waals surface area contributed by atoms with Crippen LogP contribution in [0.1, 0.15) is 40.0 Å². The summed E-state index contributed by atoms with van der Waals surface area (Å²) in [6.45, 7) is 4.38. The van der Waals surface area contributed by atoms with Gasteiger partial charge in [-0.1, -0.05) is 35.9 Å². The molecule has 0 radical (unpaired) electrons. The lowest BCUT2D eigenvalue weighted by Gasteiger charge is -2.15. The molecule has 144 valence electrons. The molecule has 0 aromatic heterocycles. The van der Waals surface area contributed by atoms with Crippen molar-refractivity contribution >= 4 is 11.6 Å². The Balaban J connectivity index is 1.62. The molecule has 0 aliphatic heterocycles. The predicted octanol–water partition coefficient (Wildman–Crippen LogP) is 5.38. The van der Waals surface area contributed by atoms with Gasteiger partial charge in [0.25, 0.3) is 5.91 Å². The third-order valence-corrected chi connectivity index (χ3v) is 4.55. The van der Waals surface area contributed by atoms with Crippen molar-refractivity contribution in [1.29, 1.82) is 0 Å². The van der Waals surface area contributed by atoms with Gasteiger partial charge in [-0.05, 0) is 61.4 Å². The monoisotopic (exact) mass is 380 g/mol. The van der Waals surface area contributed by atoms with Crippen molar-refractivity contribution in [1.82, 2.24) is 5.32 Å². The van der Waals surface area contributed by atoms with Gasteiger partial charge in [0, 0.05) is 23.8 Å². The van der Waals surface area contributed by atoms with Crippen LogP contribution in [0.25, 0.3) is 0 Å². The fourth-order valence-electron chi connectivity index (χ4n) is 2.84. The molecule has 5 heteroatoms. The van der Waals surface area contributed by atoms with E-state index < -0.39 is 11.6 Å². The van der Waals surface area contributed by atoms with Crippen molar-refractivity contribution in [2.24, 2.45) is 0 Å². The molecule has 3 aromatic carbocycles. The van der Waals surface area contributed by atoms with Crippen molar-refractivity contribution in [3.8, 4) is 0 Å². The number of amides is 1. The van der Waals surface area contributed by atoms with Crippen LogP contribution in [0, 0.1) is 18.6 Å². The Bertz CT molecular complexity index is 971. The molecule has 3 rings (SSSR count). The first-order valence-corrected chi connectivity index (χ1v) is 9.07. The molecule has 0 spiro atoms. The summed E-state index contributed by atoms with van der Waals surface area (Å²) in [5.74, 6) is -1.87. The Morgan fingerprint density at radius 1 is 0.964 bits per heavy atom. The number of hydrogen-bond donors (Lipinski definition) is 2. The maximum absolute atomic E-state index is 13.4. The average molecular weight is 380 g/mol. The van der Waals surface area contributed by atoms with E-state index in [9.17, 15) is 13.6 Å². The molecule has 3 aromatic rings. The zero-order valence-electron chi connectivity index (χ0n) is 15.8. The fraction of sp³-hybridized carbons (Fsp3) is 0.174. The molecule has 0 fully saturated rings. The average Bonchev–Trinajstić information content (AvgIpc) is 2.69. The SMILES string of the molecule is Cc1ccc(C(=O)Nc2cccc(CNC(C)c3ccc(F)c(F)c3)c2)cc1. The highest BCUT2D eigenvalue weighted by atomic mass is 19.2. The first-order chi connectivity index (χ1) is 13.4. The summed E-state index contributed by atoms with van der Waals surface area (Å²) in [5.41, 5.74) is 4.03.